The highest BCUT2D eigenvalue weighted by Crippen LogP contribution is 2.36. The molecule has 0 aromatic heterocycles. The second-order valence-electron chi connectivity index (χ2n) is 4.07. The summed E-state index contributed by atoms with van der Waals surface area (Å²) in [6.07, 6.45) is 5.51. The van der Waals surface area contributed by atoms with E-state index in [-0.39, 0.29) is 6.29 Å². The van der Waals surface area contributed by atoms with Crippen LogP contribution < -0.4 is 0 Å². The molecule has 0 radical (unpaired) electrons. The van der Waals surface area contributed by atoms with Crippen molar-refractivity contribution in [1.82, 2.24) is 0 Å². The Balaban J connectivity index is 2.24. The SMILES string of the molecule is C=CC[C@H](OCC(OCC)OCC)C1CC1. The van der Waals surface area contributed by atoms with E-state index in [4.69, 9.17) is 14.2 Å². The number of ether oxygens (including phenoxy) is 3. The van der Waals surface area contributed by atoms with Gasteiger partial charge in [0.25, 0.3) is 0 Å². The highest BCUT2D eigenvalue weighted by Gasteiger charge is 2.31. The van der Waals surface area contributed by atoms with Gasteiger partial charge in [-0.25, -0.2) is 0 Å². The van der Waals surface area contributed by atoms with Crippen molar-refractivity contribution in [3.8, 4) is 0 Å². The van der Waals surface area contributed by atoms with Crippen molar-refractivity contribution in [3.63, 3.8) is 0 Å². The molecular weight excluding hydrogens is 204 g/mol. The predicted octanol–water partition coefficient (Wildman–Crippen LogP) is 2.76. The summed E-state index contributed by atoms with van der Waals surface area (Å²) in [6.45, 7) is 9.54. The average molecular weight is 228 g/mol. The van der Waals surface area contributed by atoms with Crippen LogP contribution in [0.4, 0.5) is 0 Å². The number of hydrogen-bond donors (Lipinski definition) is 0. The lowest BCUT2D eigenvalue weighted by Gasteiger charge is -2.21. The lowest BCUT2D eigenvalue weighted by molar-refractivity contribution is -0.177. The van der Waals surface area contributed by atoms with E-state index >= 15 is 0 Å². The van der Waals surface area contributed by atoms with Crippen molar-refractivity contribution >= 4 is 0 Å². The summed E-state index contributed by atoms with van der Waals surface area (Å²) in [5, 5.41) is 0. The molecule has 1 aliphatic carbocycles. The second-order valence-corrected chi connectivity index (χ2v) is 4.07. The zero-order chi connectivity index (χ0) is 11.8. The third-order valence-electron chi connectivity index (χ3n) is 2.70. The molecule has 0 amide bonds. The lowest BCUT2D eigenvalue weighted by Crippen LogP contribution is -2.27. The van der Waals surface area contributed by atoms with Gasteiger partial charge in [-0.05, 0) is 39.0 Å². The maximum atomic E-state index is 5.85. The van der Waals surface area contributed by atoms with E-state index in [1.807, 2.05) is 19.9 Å². The van der Waals surface area contributed by atoms with Gasteiger partial charge in [-0.2, -0.15) is 0 Å². The standard InChI is InChI=1S/C13H24O3/c1-4-7-12(11-8-9-11)16-10-13(14-5-2)15-6-3/h4,11-13H,1,5-10H2,2-3H3/t12-/m0/s1. The Labute approximate surface area is 98.8 Å². The molecule has 1 aliphatic rings. The first-order chi connectivity index (χ1) is 7.81. The van der Waals surface area contributed by atoms with Crippen LogP contribution in [0.2, 0.25) is 0 Å². The molecule has 1 atom stereocenters. The van der Waals surface area contributed by atoms with Crippen molar-refractivity contribution in [2.45, 2.75) is 45.5 Å². The monoisotopic (exact) mass is 228 g/mol. The van der Waals surface area contributed by atoms with E-state index in [1.54, 1.807) is 0 Å². The van der Waals surface area contributed by atoms with Crippen LogP contribution in [0.15, 0.2) is 12.7 Å². The van der Waals surface area contributed by atoms with Crippen molar-refractivity contribution in [3.05, 3.63) is 12.7 Å². The molecule has 0 aromatic rings. The average Bonchev–Trinajstić information content (AvgIpc) is 3.08. The molecule has 0 aromatic carbocycles. The Hall–Kier alpha value is -0.380. The quantitative estimate of drug-likeness (QED) is 0.425. The van der Waals surface area contributed by atoms with Gasteiger partial charge in [0.05, 0.1) is 12.7 Å². The van der Waals surface area contributed by atoms with Crippen LogP contribution in [0.1, 0.15) is 33.1 Å². The van der Waals surface area contributed by atoms with Gasteiger partial charge in [0, 0.05) is 13.2 Å². The van der Waals surface area contributed by atoms with Crippen LogP contribution in [0, 0.1) is 5.92 Å². The molecule has 1 rings (SSSR count). The fraction of sp³-hybridized carbons (Fsp3) is 0.846. The summed E-state index contributed by atoms with van der Waals surface area (Å²) >= 11 is 0. The van der Waals surface area contributed by atoms with E-state index in [2.05, 4.69) is 6.58 Å². The number of rotatable bonds is 10. The van der Waals surface area contributed by atoms with E-state index in [0.717, 1.165) is 12.3 Å². The van der Waals surface area contributed by atoms with Crippen molar-refractivity contribution < 1.29 is 14.2 Å². The molecule has 1 saturated carbocycles. The molecule has 0 spiro atoms. The first kappa shape index (κ1) is 13.7. The maximum absolute atomic E-state index is 5.85. The molecule has 3 nitrogen and oxygen atoms in total. The molecule has 16 heavy (non-hydrogen) atoms. The summed E-state index contributed by atoms with van der Waals surface area (Å²) < 4.78 is 16.7. The van der Waals surface area contributed by atoms with Crippen LogP contribution in [-0.4, -0.2) is 32.2 Å². The van der Waals surface area contributed by atoms with Crippen LogP contribution in [0.5, 0.6) is 0 Å². The Morgan fingerprint density at radius 3 is 2.25 bits per heavy atom. The molecule has 0 unspecified atom stereocenters. The van der Waals surface area contributed by atoms with Crippen LogP contribution in [-0.2, 0) is 14.2 Å². The first-order valence-electron chi connectivity index (χ1n) is 6.27. The summed E-state index contributed by atoms with van der Waals surface area (Å²) in [5.41, 5.74) is 0. The van der Waals surface area contributed by atoms with Crippen molar-refractivity contribution in [2.75, 3.05) is 19.8 Å². The van der Waals surface area contributed by atoms with E-state index in [0.29, 0.717) is 25.9 Å². The zero-order valence-electron chi connectivity index (χ0n) is 10.5. The van der Waals surface area contributed by atoms with E-state index in [9.17, 15) is 0 Å². The summed E-state index contributed by atoms with van der Waals surface area (Å²) in [4.78, 5) is 0. The van der Waals surface area contributed by atoms with Gasteiger partial charge >= 0.3 is 0 Å². The second kappa shape index (κ2) is 7.82. The smallest absolute Gasteiger partial charge is 0.180 e. The minimum Gasteiger partial charge on any atom is -0.372 e. The minimum absolute atomic E-state index is 0.221. The van der Waals surface area contributed by atoms with Gasteiger partial charge in [-0.3, -0.25) is 0 Å². The van der Waals surface area contributed by atoms with Gasteiger partial charge in [0.15, 0.2) is 6.29 Å². The van der Waals surface area contributed by atoms with Crippen LogP contribution in [0.3, 0.4) is 0 Å². The molecular formula is C13H24O3. The lowest BCUT2D eigenvalue weighted by atomic mass is 10.1. The Morgan fingerprint density at radius 1 is 1.19 bits per heavy atom. The Kier molecular flexibility index (Phi) is 6.69. The van der Waals surface area contributed by atoms with E-state index < -0.39 is 0 Å². The zero-order valence-corrected chi connectivity index (χ0v) is 10.5. The predicted molar refractivity (Wildman–Crippen MR) is 64.3 cm³/mol. The molecule has 94 valence electrons. The van der Waals surface area contributed by atoms with E-state index in [1.165, 1.54) is 12.8 Å². The molecule has 0 heterocycles. The molecule has 1 fully saturated rings. The minimum atomic E-state index is -0.221. The largest absolute Gasteiger partial charge is 0.372 e. The summed E-state index contributed by atoms with van der Waals surface area (Å²) in [5.74, 6) is 0.724. The Morgan fingerprint density at radius 2 is 1.81 bits per heavy atom. The van der Waals surface area contributed by atoms with Crippen molar-refractivity contribution in [1.29, 1.82) is 0 Å². The van der Waals surface area contributed by atoms with Crippen molar-refractivity contribution in [2.24, 2.45) is 5.92 Å². The molecule has 0 N–H and O–H groups in total. The number of hydrogen-bond acceptors (Lipinski definition) is 3. The highest BCUT2D eigenvalue weighted by atomic mass is 16.7. The molecule has 0 saturated heterocycles. The fourth-order valence-corrected chi connectivity index (χ4v) is 1.75. The molecule has 0 bridgehead atoms. The topological polar surface area (TPSA) is 27.7 Å². The first-order valence-corrected chi connectivity index (χ1v) is 6.27. The fourth-order valence-electron chi connectivity index (χ4n) is 1.75. The molecule has 3 heteroatoms. The normalized spacial score (nSPS) is 17.7. The van der Waals surface area contributed by atoms with Gasteiger partial charge < -0.3 is 14.2 Å². The highest BCUT2D eigenvalue weighted by molar-refractivity contribution is 4.86. The summed E-state index contributed by atoms with van der Waals surface area (Å²) in [7, 11) is 0. The Bertz CT molecular complexity index is 184. The third kappa shape index (κ3) is 5.10. The molecule has 0 aliphatic heterocycles. The van der Waals surface area contributed by atoms with Gasteiger partial charge in [-0.1, -0.05) is 6.08 Å². The summed E-state index contributed by atoms with van der Waals surface area (Å²) in [6, 6.07) is 0. The van der Waals surface area contributed by atoms with Crippen LogP contribution >= 0.6 is 0 Å². The third-order valence-corrected chi connectivity index (χ3v) is 2.70. The van der Waals surface area contributed by atoms with Crippen LogP contribution in [0.25, 0.3) is 0 Å². The van der Waals surface area contributed by atoms with Gasteiger partial charge in [0.2, 0.25) is 0 Å². The maximum Gasteiger partial charge on any atom is 0.180 e. The van der Waals surface area contributed by atoms with Gasteiger partial charge in [-0.15, -0.1) is 6.58 Å². The van der Waals surface area contributed by atoms with Gasteiger partial charge in [0.1, 0.15) is 0 Å².